The van der Waals surface area contributed by atoms with E-state index in [-0.39, 0.29) is 11.8 Å². The maximum atomic E-state index is 13.3. The lowest BCUT2D eigenvalue weighted by Gasteiger charge is -2.34. The van der Waals surface area contributed by atoms with Crippen LogP contribution in [0.2, 0.25) is 5.02 Å². The van der Waals surface area contributed by atoms with Crippen molar-refractivity contribution in [3.8, 4) is 0 Å². The maximum Gasteiger partial charge on any atom is 0.235 e. The van der Waals surface area contributed by atoms with Crippen molar-refractivity contribution in [1.29, 1.82) is 0 Å². The molecular weight excluding hydrogens is 338 g/mol. The van der Waals surface area contributed by atoms with E-state index >= 15 is 0 Å². The van der Waals surface area contributed by atoms with Crippen molar-refractivity contribution in [3.63, 3.8) is 0 Å². The molecule has 1 aliphatic rings. The topological polar surface area (TPSA) is 49.6 Å². The molecule has 0 aliphatic heterocycles. The largest absolute Gasteiger partial charge is 0.467 e. The third-order valence-electron chi connectivity index (χ3n) is 4.91. The van der Waals surface area contributed by atoms with Crippen molar-refractivity contribution in [3.05, 3.63) is 41.4 Å². The molecule has 5 nitrogen and oxygen atoms in total. The van der Waals surface area contributed by atoms with Crippen LogP contribution >= 0.6 is 11.6 Å². The Morgan fingerprint density at radius 3 is 2.48 bits per heavy atom. The van der Waals surface area contributed by atoms with Gasteiger partial charge >= 0.3 is 0 Å². The van der Waals surface area contributed by atoms with Crippen LogP contribution in [0.15, 0.2) is 35.1 Å². The van der Waals surface area contributed by atoms with E-state index in [1.165, 1.54) is 0 Å². The SMILES string of the molecule is Cc1cc(N(c2ccc(Cl)cn2)C(=O)[C@H]2CC[C@H](N(C)C)CC2)co1. The Morgan fingerprint density at radius 1 is 1.24 bits per heavy atom. The summed E-state index contributed by atoms with van der Waals surface area (Å²) >= 11 is 5.95. The fourth-order valence-electron chi connectivity index (χ4n) is 3.44. The number of furan rings is 1. The lowest BCUT2D eigenvalue weighted by molar-refractivity contribution is -0.122. The monoisotopic (exact) mass is 361 g/mol. The Labute approximate surface area is 153 Å². The first-order valence-electron chi connectivity index (χ1n) is 8.63. The molecule has 0 unspecified atom stereocenters. The van der Waals surface area contributed by atoms with Crippen molar-refractivity contribution >= 4 is 29.0 Å². The molecule has 0 saturated heterocycles. The van der Waals surface area contributed by atoms with Gasteiger partial charge in [0.05, 0.1) is 10.7 Å². The average molecular weight is 362 g/mol. The quantitative estimate of drug-likeness (QED) is 0.808. The molecule has 2 heterocycles. The molecule has 134 valence electrons. The number of carbonyl (C=O) groups excluding carboxylic acids is 1. The minimum Gasteiger partial charge on any atom is -0.467 e. The highest BCUT2D eigenvalue weighted by Gasteiger charge is 2.32. The summed E-state index contributed by atoms with van der Waals surface area (Å²) in [6.07, 6.45) is 7.03. The fraction of sp³-hybridized carbons (Fsp3) is 0.474. The number of halogens is 1. The third-order valence-corrected chi connectivity index (χ3v) is 5.14. The van der Waals surface area contributed by atoms with Crippen LogP contribution in [-0.4, -0.2) is 35.9 Å². The van der Waals surface area contributed by atoms with Gasteiger partial charge in [-0.25, -0.2) is 4.98 Å². The van der Waals surface area contributed by atoms with Crippen LogP contribution in [-0.2, 0) is 4.79 Å². The van der Waals surface area contributed by atoms with Crippen molar-refractivity contribution in [2.75, 3.05) is 19.0 Å². The van der Waals surface area contributed by atoms with Gasteiger partial charge in [0.1, 0.15) is 17.8 Å². The predicted octanol–water partition coefficient (Wildman–Crippen LogP) is 4.42. The second-order valence-electron chi connectivity index (χ2n) is 6.89. The zero-order valence-electron chi connectivity index (χ0n) is 14.9. The molecule has 0 atom stereocenters. The first-order valence-corrected chi connectivity index (χ1v) is 9.00. The molecule has 0 spiro atoms. The summed E-state index contributed by atoms with van der Waals surface area (Å²) in [6, 6.07) is 5.94. The molecule has 6 heteroatoms. The molecule has 0 bridgehead atoms. The van der Waals surface area contributed by atoms with Crippen LogP contribution < -0.4 is 4.90 Å². The van der Waals surface area contributed by atoms with Gasteiger partial charge in [-0.2, -0.15) is 0 Å². The normalized spacial score (nSPS) is 20.7. The molecule has 1 fully saturated rings. The van der Waals surface area contributed by atoms with Gasteiger partial charge in [0.2, 0.25) is 5.91 Å². The van der Waals surface area contributed by atoms with E-state index in [9.17, 15) is 4.79 Å². The number of pyridine rings is 1. The summed E-state index contributed by atoms with van der Waals surface area (Å²) in [4.78, 5) is 21.5. The first kappa shape index (κ1) is 18.0. The Kier molecular flexibility index (Phi) is 5.45. The summed E-state index contributed by atoms with van der Waals surface area (Å²) in [5, 5.41) is 0.547. The highest BCUT2D eigenvalue weighted by Crippen LogP contribution is 2.33. The van der Waals surface area contributed by atoms with Gasteiger partial charge < -0.3 is 9.32 Å². The first-order chi connectivity index (χ1) is 12.0. The van der Waals surface area contributed by atoms with E-state index in [2.05, 4.69) is 24.0 Å². The molecule has 1 saturated carbocycles. The second kappa shape index (κ2) is 7.58. The van der Waals surface area contributed by atoms with Gasteiger partial charge in [0.15, 0.2) is 0 Å². The summed E-state index contributed by atoms with van der Waals surface area (Å²) in [5.41, 5.74) is 0.715. The number of amides is 1. The van der Waals surface area contributed by atoms with Crippen molar-refractivity contribution < 1.29 is 9.21 Å². The molecule has 0 aromatic carbocycles. The van der Waals surface area contributed by atoms with Crippen molar-refractivity contribution in [2.45, 2.75) is 38.6 Å². The molecule has 1 amide bonds. The molecule has 25 heavy (non-hydrogen) atoms. The van der Waals surface area contributed by atoms with E-state index in [1.807, 2.05) is 13.0 Å². The van der Waals surface area contributed by atoms with E-state index < -0.39 is 0 Å². The summed E-state index contributed by atoms with van der Waals surface area (Å²) in [7, 11) is 4.20. The molecule has 2 aromatic heterocycles. The zero-order chi connectivity index (χ0) is 18.0. The van der Waals surface area contributed by atoms with Crippen LogP contribution in [0.25, 0.3) is 0 Å². The summed E-state index contributed by atoms with van der Waals surface area (Å²) < 4.78 is 5.42. The molecule has 0 N–H and O–H groups in total. The zero-order valence-corrected chi connectivity index (χ0v) is 15.7. The van der Waals surface area contributed by atoms with Gasteiger partial charge in [0.25, 0.3) is 0 Å². The van der Waals surface area contributed by atoms with Gasteiger partial charge in [0, 0.05) is 24.2 Å². The van der Waals surface area contributed by atoms with Gasteiger partial charge in [-0.05, 0) is 58.8 Å². The number of aryl methyl sites for hydroxylation is 1. The highest BCUT2D eigenvalue weighted by atomic mass is 35.5. The molecule has 1 aliphatic carbocycles. The van der Waals surface area contributed by atoms with Gasteiger partial charge in [-0.15, -0.1) is 0 Å². The molecule has 3 rings (SSSR count). The lowest BCUT2D eigenvalue weighted by Crippen LogP contribution is -2.39. The Hall–Kier alpha value is -1.85. The van der Waals surface area contributed by atoms with Gasteiger partial charge in [-0.1, -0.05) is 11.6 Å². The number of carbonyl (C=O) groups is 1. The second-order valence-corrected chi connectivity index (χ2v) is 7.33. The number of rotatable bonds is 4. The summed E-state index contributed by atoms with van der Waals surface area (Å²) in [6.45, 7) is 1.86. The number of hydrogen-bond acceptors (Lipinski definition) is 4. The highest BCUT2D eigenvalue weighted by molar-refractivity contribution is 6.30. The predicted molar refractivity (Wildman–Crippen MR) is 99.3 cm³/mol. The third kappa shape index (κ3) is 4.05. The van der Waals surface area contributed by atoms with Crippen molar-refractivity contribution in [2.24, 2.45) is 5.92 Å². The number of anilines is 2. The van der Waals surface area contributed by atoms with Crippen molar-refractivity contribution in [1.82, 2.24) is 9.88 Å². The van der Waals surface area contributed by atoms with E-state index in [0.717, 1.165) is 31.4 Å². The Bertz CT molecular complexity index is 719. The van der Waals surface area contributed by atoms with E-state index in [4.69, 9.17) is 16.0 Å². The molecule has 2 aromatic rings. The lowest BCUT2D eigenvalue weighted by atomic mass is 9.84. The van der Waals surface area contributed by atoms with Gasteiger partial charge in [-0.3, -0.25) is 9.69 Å². The van der Waals surface area contributed by atoms with Crippen LogP contribution in [0.1, 0.15) is 31.4 Å². The smallest absolute Gasteiger partial charge is 0.235 e. The number of aromatic nitrogens is 1. The van der Waals surface area contributed by atoms with Crippen LogP contribution in [0.3, 0.4) is 0 Å². The minimum absolute atomic E-state index is 0.00360. The van der Waals surface area contributed by atoms with E-state index in [1.54, 1.807) is 29.5 Å². The molecular formula is C19H24ClN3O2. The summed E-state index contributed by atoms with van der Waals surface area (Å²) in [5.74, 6) is 1.42. The van der Waals surface area contributed by atoms with E-state index in [0.29, 0.717) is 22.6 Å². The maximum absolute atomic E-state index is 13.3. The average Bonchev–Trinajstić information content (AvgIpc) is 3.03. The number of nitrogens with zero attached hydrogens (tertiary/aromatic N) is 3. The standard InChI is InChI=1S/C19H24ClN3O2/c1-13-10-17(12-25-13)23(18-9-6-15(20)11-21-18)19(24)14-4-7-16(8-5-14)22(2)3/h6,9-12,14,16H,4-5,7-8H2,1-3H3/t14-,16-. The Morgan fingerprint density at radius 2 is 1.96 bits per heavy atom. The van der Waals surface area contributed by atoms with Crippen LogP contribution in [0.5, 0.6) is 0 Å². The minimum atomic E-state index is 0.00360. The fourth-order valence-corrected chi connectivity index (χ4v) is 3.55. The molecule has 0 radical (unpaired) electrons. The van der Waals surface area contributed by atoms with Crippen LogP contribution in [0.4, 0.5) is 11.5 Å². The Balaban J connectivity index is 1.84. The number of hydrogen-bond donors (Lipinski definition) is 0. The van der Waals surface area contributed by atoms with Crippen LogP contribution in [0, 0.1) is 12.8 Å².